The number of aryl methyl sites for hydroxylation is 2. The van der Waals surface area contributed by atoms with E-state index in [0.717, 1.165) is 58.4 Å². The van der Waals surface area contributed by atoms with E-state index < -0.39 is 5.97 Å². The minimum absolute atomic E-state index is 0.0106. The van der Waals surface area contributed by atoms with E-state index in [4.69, 9.17) is 16.7 Å². The van der Waals surface area contributed by atoms with Crippen molar-refractivity contribution in [1.29, 1.82) is 0 Å². The maximum absolute atomic E-state index is 12.6. The van der Waals surface area contributed by atoms with E-state index in [1.807, 2.05) is 30.3 Å². The number of aliphatic carboxylic acids is 1. The molecule has 1 aliphatic rings. The number of halogens is 1. The van der Waals surface area contributed by atoms with Crippen LogP contribution < -0.4 is 5.56 Å². The Bertz CT molecular complexity index is 1240. The highest BCUT2D eigenvalue weighted by Gasteiger charge is 2.26. The number of allylic oxidation sites excluding steroid dienone is 1. The van der Waals surface area contributed by atoms with Crippen LogP contribution in [0.5, 0.6) is 0 Å². The summed E-state index contributed by atoms with van der Waals surface area (Å²) >= 11 is 6.60. The Morgan fingerprint density at radius 2 is 2.09 bits per heavy atom. The first-order valence-corrected chi connectivity index (χ1v) is 11.5. The van der Waals surface area contributed by atoms with E-state index in [9.17, 15) is 9.59 Å². The van der Waals surface area contributed by atoms with Gasteiger partial charge in [-0.05, 0) is 60.1 Å². The third kappa shape index (κ3) is 5.76. The SMILES string of the molecule is CCC/C=C(\c1ccc(CCc2nnn(CC(=O)O)n2)c(Cl)c1)c1ccc(C2CC2)c(=O)[nH]1. The number of carboxylic acids is 1. The van der Waals surface area contributed by atoms with Crippen LogP contribution in [0.15, 0.2) is 41.2 Å². The van der Waals surface area contributed by atoms with Gasteiger partial charge in [-0.25, -0.2) is 0 Å². The molecule has 2 aromatic heterocycles. The molecule has 0 spiro atoms. The highest BCUT2D eigenvalue weighted by Crippen LogP contribution is 2.38. The number of hydrogen-bond donors (Lipinski definition) is 2. The van der Waals surface area contributed by atoms with Gasteiger partial charge in [0.25, 0.3) is 5.56 Å². The lowest BCUT2D eigenvalue weighted by Gasteiger charge is -2.12. The Morgan fingerprint density at radius 3 is 2.76 bits per heavy atom. The van der Waals surface area contributed by atoms with Gasteiger partial charge in [-0.15, -0.1) is 10.2 Å². The third-order valence-corrected chi connectivity index (χ3v) is 5.99. The molecule has 0 radical (unpaired) electrons. The number of unbranched alkanes of at least 4 members (excludes halogenated alkanes) is 1. The maximum atomic E-state index is 12.6. The average molecular weight is 468 g/mol. The summed E-state index contributed by atoms with van der Waals surface area (Å²) < 4.78 is 0. The van der Waals surface area contributed by atoms with Crippen LogP contribution in [-0.4, -0.2) is 36.3 Å². The van der Waals surface area contributed by atoms with Crippen molar-refractivity contribution in [3.05, 3.63) is 80.0 Å². The van der Waals surface area contributed by atoms with Gasteiger partial charge in [0.2, 0.25) is 0 Å². The molecule has 2 heterocycles. The van der Waals surface area contributed by atoms with Crippen molar-refractivity contribution >= 4 is 23.1 Å². The van der Waals surface area contributed by atoms with Crippen molar-refractivity contribution in [1.82, 2.24) is 25.2 Å². The van der Waals surface area contributed by atoms with Gasteiger partial charge in [-0.2, -0.15) is 4.80 Å². The second-order valence-electron chi connectivity index (χ2n) is 8.27. The van der Waals surface area contributed by atoms with E-state index >= 15 is 0 Å². The number of aromatic nitrogens is 5. The minimum atomic E-state index is -1.02. The topological polar surface area (TPSA) is 114 Å². The van der Waals surface area contributed by atoms with Gasteiger partial charge in [-0.3, -0.25) is 9.59 Å². The fraction of sp³-hybridized carbons (Fsp3) is 0.375. The maximum Gasteiger partial charge on any atom is 0.327 e. The van der Waals surface area contributed by atoms with Gasteiger partial charge in [0, 0.05) is 28.3 Å². The van der Waals surface area contributed by atoms with Crippen LogP contribution >= 0.6 is 11.6 Å². The molecule has 1 fully saturated rings. The number of carbonyl (C=O) groups is 1. The van der Waals surface area contributed by atoms with Crippen molar-refractivity contribution in [3.63, 3.8) is 0 Å². The molecule has 1 aromatic carbocycles. The molecule has 4 rings (SSSR count). The Balaban J connectivity index is 1.52. The number of nitrogens with zero attached hydrogens (tertiary/aromatic N) is 4. The fourth-order valence-corrected chi connectivity index (χ4v) is 4.03. The summed E-state index contributed by atoms with van der Waals surface area (Å²) in [6.07, 6.45) is 7.28. The largest absolute Gasteiger partial charge is 0.480 e. The van der Waals surface area contributed by atoms with Gasteiger partial charge < -0.3 is 10.1 Å². The van der Waals surface area contributed by atoms with E-state index in [2.05, 4.69) is 33.4 Å². The second kappa shape index (κ2) is 10.1. The molecule has 0 atom stereocenters. The van der Waals surface area contributed by atoms with Gasteiger partial charge in [0.1, 0.15) is 0 Å². The van der Waals surface area contributed by atoms with E-state index in [1.54, 1.807) is 0 Å². The number of H-pyrrole nitrogens is 1. The summed E-state index contributed by atoms with van der Waals surface area (Å²) in [6.45, 7) is 1.79. The predicted molar refractivity (Wildman–Crippen MR) is 125 cm³/mol. The van der Waals surface area contributed by atoms with Crippen LogP contribution in [0.4, 0.5) is 0 Å². The Hall–Kier alpha value is -3.26. The standard InChI is InChI=1S/C24H26ClN5O3/c1-2-3-4-18(21-11-10-19(15-5-6-15)24(33)26-21)17-8-7-16(20(25)13-17)9-12-22-27-29-30(28-22)14-23(31)32/h4,7-8,10-11,13,15H,2-3,5-6,9,12,14H2,1H3,(H,26,33)(H,31,32)/b18-4+. The lowest BCUT2D eigenvalue weighted by molar-refractivity contribution is -0.138. The first kappa shape index (κ1) is 22.9. The molecule has 33 heavy (non-hydrogen) atoms. The molecule has 3 aromatic rings. The third-order valence-electron chi connectivity index (χ3n) is 5.64. The van der Waals surface area contributed by atoms with Gasteiger partial charge in [0.05, 0.1) is 0 Å². The molecule has 2 N–H and O–H groups in total. The van der Waals surface area contributed by atoms with Crippen molar-refractivity contribution < 1.29 is 9.90 Å². The molecule has 0 bridgehead atoms. The number of rotatable bonds is 10. The lowest BCUT2D eigenvalue weighted by atomic mass is 9.97. The van der Waals surface area contributed by atoms with Crippen LogP contribution in [0.25, 0.3) is 5.57 Å². The lowest BCUT2D eigenvalue weighted by Crippen LogP contribution is -2.13. The highest BCUT2D eigenvalue weighted by atomic mass is 35.5. The molecule has 0 aliphatic heterocycles. The van der Waals surface area contributed by atoms with Crippen LogP contribution in [0.1, 0.15) is 66.7 Å². The zero-order valence-electron chi connectivity index (χ0n) is 18.4. The fourth-order valence-electron chi connectivity index (χ4n) is 3.76. The molecule has 0 unspecified atom stereocenters. The summed E-state index contributed by atoms with van der Waals surface area (Å²) in [5.74, 6) is -0.152. The number of pyridine rings is 1. The molecule has 9 heteroatoms. The number of nitrogens with one attached hydrogen (secondary N) is 1. The van der Waals surface area contributed by atoms with Crippen molar-refractivity contribution in [2.45, 2.75) is 57.9 Å². The number of tetrazole rings is 1. The van der Waals surface area contributed by atoms with Crippen molar-refractivity contribution in [2.75, 3.05) is 0 Å². The predicted octanol–water partition coefficient (Wildman–Crippen LogP) is 3.99. The van der Waals surface area contributed by atoms with Crippen LogP contribution in [0, 0.1) is 0 Å². The Kier molecular flexibility index (Phi) is 7.03. The number of benzene rings is 1. The Morgan fingerprint density at radius 1 is 1.27 bits per heavy atom. The molecule has 1 aliphatic carbocycles. The monoisotopic (exact) mass is 467 g/mol. The van der Waals surface area contributed by atoms with Crippen LogP contribution in [-0.2, 0) is 24.2 Å². The molecule has 172 valence electrons. The average Bonchev–Trinajstić information content (AvgIpc) is 3.52. The van der Waals surface area contributed by atoms with Crippen LogP contribution in [0.3, 0.4) is 0 Å². The van der Waals surface area contributed by atoms with E-state index in [0.29, 0.717) is 29.6 Å². The summed E-state index contributed by atoms with van der Waals surface area (Å²) in [5.41, 5.74) is 4.49. The van der Waals surface area contributed by atoms with Gasteiger partial charge >= 0.3 is 5.97 Å². The Labute approximate surface area is 196 Å². The molecule has 8 nitrogen and oxygen atoms in total. The number of carboxylic acid groups (broad SMARTS) is 1. The molecule has 0 saturated heterocycles. The zero-order valence-corrected chi connectivity index (χ0v) is 19.2. The highest BCUT2D eigenvalue weighted by molar-refractivity contribution is 6.31. The minimum Gasteiger partial charge on any atom is -0.480 e. The quantitative estimate of drug-likeness (QED) is 0.466. The molecular weight excluding hydrogens is 442 g/mol. The smallest absolute Gasteiger partial charge is 0.327 e. The molecular formula is C24H26ClN5O3. The number of aromatic amines is 1. The first-order chi connectivity index (χ1) is 15.9. The van der Waals surface area contributed by atoms with Crippen molar-refractivity contribution in [3.8, 4) is 0 Å². The van der Waals surface area contributed by atoms with E-state index in [-0.39, 0.29) is 12.1 Å². The summed E-state index contributed by atoms with van der Waals surface area (Å²) in [7, 11) is 0. The van der Waals surface area contributed by atoms with Crippen LogP contribution in [0.2, 0.25) is 5.02 Å². The number of hydrogen-bond acceptors (Lipinski definition) is 5. The summed E-state index contributed by atoms with van der Waals surface area (Å²) in [5, 5.41) is 21.1. The van der Waals surface area contributed by atoms with Crippen molar-refractivity contribution in [2.24, 2.45) is 0 Å². The molecule has 0 amide bonds. The first-order valence-electron chi connectivity index (χ1n) is 11.2. The second-order valence-corrected chi connectivity index (χ2v) is 8.68. The zero-order chi connectivity index (χ0) is 23.4. The van der Waals surface area contributed by atoms with E-state index in [1.165, 1.54) is 0 Å². The summed E-state index contributed by atoms with van der Waals surface area (Å²) in [4.78, 5) is 27.5. The van der Waals surface area contributed by atoms with Gasteiger partial charge in [-0.1, -0.05) is 49.2 Å². The summed E-state index contributed by atoms with van der Waals surface area (Å²) in [6, 6.07) is 9.83. The normalized spacial score (nSPS) is 13.9. The van der Waals surface area contributed by atoms with Gasteiger partial charge in [0.15, 0.2) is 12.4 Å². The molecule has 1 saturated carbocycles.